The SMILES string of the molecule is CCc1ccc(C(=O)N(C(=O)OCSC(=S)N(C)C)N(C(=O)c2cc(C)cc(C)c2)C(C)(C)C)cc1. The number of benzene rings is 2. The number of hydrogen-bond donors (Lipinski definition) is 0. The maximum Gasteiger partial charge on any atom is 0.437 e. The second kappa shape index (κ2) is 12.4. The molecular weight excluding hydrogens is 494 g/mol. The van der Waals surface area contributed by atoms with Crippen LogP contribution in [0.3, 0.4) is 0 Å². The second-order valence-electron chi connectivity index (χ2n) is 9.66. The average Bonchev–Trinajstić information content (AvgIpc) is 2.80. The molecule has 0 saturated carbocycles. The fourth-order valence-corrected chi connectivity index (χ4v) is 4.16. The minimum absolute atomic E-state index is 0.107. The predicted molar refractivity (Wildman–Crippen MR) is 149 cm³/mol. The van der Waals surface area contributed by atoms with Crippen molar-refractivity contribution in [1.29, 1.82) is 0 Å². The summed E-state index contributed by atoms with van der Waals surface area (Å²) in [6.45, 7) is 11.1. The molecule has 0 saturated heterocycles. The number of amides is 3. The fourth-order valence-electron chi connectivity index (χ4n) is 3.50. The van der Waals surface area contributed by atoms with Crippen LogP contribution in [0.4, 0.5) is 4.79 Å². The summed E-state index contributed by atoms with van der Waals surface area (Å²) in [5.41, 5.74) is 2.56. The van der Waals surface area contributed by atoms with E-state index in [0.717, 1.165) is 39.9 Å². The Kier molecular flexibility index (Phi) is 10.1. The third kappa shape index (κ3) is 7.54. The molecular formula is C27H35N3O4S2. The third-order valence-electron chi connectivity index (χ3n) is 5.20. The molecule has 0 bridgehead atoms. The summed E-state index contributed by atoms with van der Waals surface area (Å²) < 4.78 is 5.97. The molecule has 9 heteroatoms. The van der Waals surface area contributed by atoms with Crippen molar-refractivity contribution in [3.05, 3.63) is 70.3 Å². The molecule has 7 nitrogen and oxygen atoms in total. The molecule has 194 valence electrons. The molecule has 0 N–H and O–H groups in total. The minimum atomic E-state index is -0.957. The first-order chi connectivity index (χ1) is 16.8. The molecule has 2 aromatic rings. The number of carbonyl (C=O) groups is 3. The van der Waals surface area contributed by atoms with Gasteiger partial charge in [-0.3, -0.25) is 9.59 Å². The minimum Gasteiger partial charge on any atom is -0.436 e. The van der Waals surface area contributed by atoms with Crippen molar-refractivity contribution >= 4 is 46.2 Å². The van der Waals surface area contributed by atoms with Gasteiger partial charge >= 0.3 is 6.09 Å². The van der Waals surface area contributed by atoms with E-state index in [4.69, 9.17) is 17.0 Å². The number of nitrogens with zero attached hydrogens (tertiary/aromatic N) is 3. The molecule has 0 fully saturated rings. The predicted octanol–water partition coefficient (Wildman–Crippen LogP) is 5.84. The summed E-state index contributed by atoms with van der Waals surface area (Å²) in [5.74, 6) is -1.25. The lowest BCUT2D eigenvalue weighted by atomic mass is 10.0. The molecule has 36 heavy (non-hydrogen) atoms. The molecule has 0 unspecified atom stereocenters. The Bertz CT molecular complexity index is 1100. The van der Waals surface area contributed by atoms with Gasteiger partial charge in [0.15, 0.2) is 0 Å². The van der Waals surface area contributed by atoms with Crippen molar-refractivity contribution in [1.82, 2.24) is 14.9 Å². The molecule has 0 radical (unpaired) electrons. The molecule has 0 aliphatic carbocycles. The van der Waals surface area contributed by atoms with Crippen LogP contribution in [-0.2, 0) is 11.2 Å². The van der Waals surface area contributed by atoms with Gasteiger partial charge in [-0.1, -0.05) is 60.2 Å². The van der Waals surface area contributed by atoms with Crippen LogP contribution < -0.4 is 0 Å². The first-order valence-corrected chi connectivity index (χ1v) is 13.0. The maximum absolute atomic E-state index is 13.8. The van der Waals surface area contributed by atoms with Crippen LogP contribution in [0, 0.1) is 13.8 Å². The van der Waals surface area contributed by atoms with E-state index in [1.54, 1.807) is 64.0 Å². The number of carbonyl (C=O) groups excluding carboxylic acids is 3. The number of hydrazine groups is 1. The lowest BCUT2D eigenvalue weighted by molar-refractivity contribution is -0.0371. The molecule has 0 spiro atoms. The van der Waals surface area contributed by atoms with Gasteiger partial charge in [0.1, 0.15) is 10.3 Å². The van der Waals surface area contributed by atoms with Crippen LogP contribution in [0.15, 0.2) is 42.5 Å². The van der Waals surface area contributed by atoms with E-state index in [2.05, 4.69) is 0 Å². The number of thiocarbonyl (C=S) groups is 1. The van der Waals surface area contributed by atoms with Crippen molar-refractivity contribution in [2.24, 2.45) is 0 Å². The lowest BCUT2D eigenvalue weighted by Crippen LogP contribution is -2.60. The Hall–Kier alpha value is -2.91. The fraction of sp³-hybridized carbons (Fsp3) is 0.407. The molecule has 0 atom stereocenters. The number of hydrogen-bond acceptors (Lipinski definition) is 6. The third-order valence-corrected chi connectivity index (χ3v) is 6.77. The highest BCUT2D eigenvalue weighted by Crippen LogP contribution is 2.25. The summed E-state index contributed by atoms with van der Waals surface area (Å²) in [6.07, 6.45) is -0.149. The van der Waals surface area contributed by atoms with Crippen LogP contribution in [-0.4, -0.2) is 62.7 Å². The van der Waals surface area contributed by atoms with E-state index >= 15 is 0 Å². The van der Waals surface area contributed by atoms with Crippen molar-refractivity contribution < 1.29 is 19.1 Å². The topological polar surface area (TPSA) is 70.2 Å². The summed E-state index contributed by atoms with van der Waals surface area (Å²) >= 11 is 6.38. The zero-order chi connectivity index (χ0) is 27.2. The Balaban J connectivity index is 2.54. The smallest absolute Gasteiger partial charge is 0.436 e. The number of rotatable bonds is 5. The first kappa shape index (κ1) is 29.3. The van der Waals surface area contributed by atoms with Crippen molar-refractivity contribution in [2.75, 3.05) is 20.0 Å². The second-order valence-corrected chi connectivity index (χ2v) is 11.2. The number of ether oxygens (including phenoxy) is 1. The van der Waals surface area contributed by atoms with Crippen molar-refractivity contribution in [3.8, 4) is 0 Å². The summed E-state index contributed by atoms with van der Waals surface area (Å²) in [6, 6.07) is 12.4. The zero-order valence-electron chi connectivity index (χ0n) is 22.2. The van der Waals surface area contributed by atoms with E-state index in [-0.39, 0.29) is 11.5 Å². The average molecular weight is 530 g/mol. The number of aryl methyl sites for hydroxylation is 3. The van der Waals surface area contributed by atoms with Gasteiger partial charge in [-0.2, -0.15) is 0 Å². The van der Waals surface area contributed by atoms with Gasteiger partial charge in [-0.25, -0.2) is 9.80 Å². The molecule has 3 amide bonds. The van der Waals surface area contributed by atoms with E-state index in [0.29, 0.717) is 9.88 Å². The summed E-state index contributed by atoms with van der Waals surface area (Å²) in [4.78, 5) is 42.7. The first-order valence-electron chi connectivity index (χ1n) is 11.6. The Morgan fingerprint density at radius 3 is 1.94 bits per heavy atom. The maximum atomic E-state index is 13.8. The van der Waals surface area contributed by atoms with Gasteiger partial charge in [0.25, 0.3) is 11.8 Å². The van der Waals surface area contributed by atoms with E-state index < -0.39 is 23.4 Å². The van der Waals surface area contributed by atoms with Gasteiger partial charge in [0, 0.05) is 25.2 Å². The van der Waals surface area contributed by atoms with Gasteiger partial charge in [0.2, 0.25) is 0 Å². The molecule has 0 aliphatic rings. The van der Waals surface area contributed by atoms with E-state index in [1.165, 1.54) is 5.01 Å². The highest BCUT2D eigenvalue weighted by Gasteiger charge is 2.41. The summed E-state index contributed by atoms with van der Waals surface area (Å²) in [5, 5.41) is 1.98. The van der Waals surface area contributed by atoms with Crippen LogP contribution in [0.25, 0.3) is 0 Å². The van der Waals surface area contributed by atoms with Crippen LogP contribution in [0.2, 0.25) is 0 Å². The zero-order valence-corrected chi connectivity index (χ0v) is 23.9. The monoisotopic (exact) mass is 529 g/mol. The van der Waals surface area contributed by atoms with E-state index in [9.17, 15) is 14.4 Å². The van der Waals surface area contributed by atoms with Crippen molar-refractivity contribution in [2.45, 2.75) is 53.5 Å². The van der Waals surface area contributed by atoms with Crippen LogP contribution in [0.1, 0.15) is 65.1 Å². The Morgan fingerprint density at radius 2 is 1.47 bits per heavy atom. The molecule has 2 aromatic carbocycles. The molecule has 0 aromatic heterocycles. The van der Waals surface area contributed by atoms with Gasteiger partial charge in [0.05, 0.1) is 5.54 Å². The highest BCUT2D eigenvalue weighted by molar-refractivity contribution is 8.22. The van der Waals surface area contributed by atoms with Gasteiger partial charge in [-0.15, -0.1) is 5.01 Å². The highest BCUT2D eigenvalue weighted by atomic mass is 32.2. The number of imide groups is 1. The summed E-state index contributed by atoms with van der Waals surface area (Å²) in [7, 11) is 3.58. The van der Waals surface area contributed by atoms with Crippen molar-refractivity contribution in [3.63, 3.8) is 0 Å². The van der Waals surface area contributed by atoms with Gasteiger partial charge < -0.3 is 9.64 Å². The number of thioether (sulfide) groups is 1. The van der Waals surface area contributed by atoms with E-state index in [1.807, 2.05) is 39.0 Å². The Morgan fingerprint density at radius 1 is 0.917 bits per heavy atom. The lowest BCUT2D eigenvalue weighted by Gasteiger charge is -2.41. The van der Waals surface area contributed by atoms with Crippen LogP contribution in [0.5, 0.6) is 0 Å². The molecule has 2 rings (SSSR count). The quantitative estimate of drug-likeness (QED) is 0.274. The standard InChI is InChI=1S/C27H35N3O4S2/c1-9-20-10-12-21(13-11-20)23(31)29(25(33)34-17-36-26(35)28(7)8)30(27(4,5)6)24(32)22-15-18(2)14-19(3)16-22/h10-16H,9,17H2,1-8H3. The molecule has 0 aliphatic heterocycles. The van der Waals surface area contributed by atoms with Gasteiger partial charge in [-0.05, 0) is 70.9 Å². The van der Waals surface area contributed by atoms with Crippen LogP contribution >= 0.6 is 24.0 Å². The Labute approximate surface area is 223 Å². The normalized spacial score (nSPS) is 11.0. The largest absolute Gasteiger partial charge is 0.437 e. The molecule has 0 heterocycles.